The van der Waals surface area contributed by atoms with E-state index in [1.807, 2.05) is 25.1 Å². The number of aromatic amines is 1. The van der Waals surface area contributed by atoms with Gasteiger partial charge < -0.3 is 20.2 Å². The van der Waals surface area contributed by atoms with E-state index in [0.29, 0.717) is 19.8 Å². The number of ether oxygens (including phenoxy) is 2. The Morgan fingerprint density at radius 2 is 2.05 bits per heavy atom. The van der Waals surface area contributed by atoms with Gasteiger partial charge in [-0.2, -0.15) is 0 Å². The van der Waals surface area contributed by atoms with Gasteiger partial charge in [0, 0.05) is 24.1 Å². The lowest BCUT2D eigenvalue weighted by molar-refractivity contribution is 0.297. The van der Waals surface area contributed by atoms with Crippen molar-refractivity contribution in [3.63, 3.8) is 0 Å². The fourth-order valence-electron chi connectivity index (χ4n) is 2.42. The molecule has 2 aromatic rings. The fourth-order valence-corrected chi connectivity index (χ4v) is 2.42. The topological polar surface area (TPSA) is 73.2 Å². The third kappa shape index (κ3) is 2.49. The van der Waals surface area contributed by atoms with Crippen LogP contribution in [0.5, 0.6) is 11.5 Å². The normalized spacial score (nSPS) is 14.1. The largest absolute Gasteiger partial charge is 0.490 e. The van der Waals surface area contributed by atoms with Gasteiger partial charge in [-0.1, -0.05) is 0 Å². The zero-order valence-electron chi connectivity index (χ0n) is 11.6. The highest BCUT2D eigenvalue weighted by atomic mass is 16.5. The first-order valence-corrected chi connectivity index (χ1v) is 6.93. The zero-order valence-corrected chi connectivity index (χ0v) is 11.6. The van der Waals surface area contributed by atoms with Crippen LogP contribution >= 0.6 is 0 Å². The van der Waals surface area contributed by atoms with Crippen LogP contribution in [-0.4, -0.2) is 29.7 Å². The monoisotopic (exact) mass is 273 g/mol. The standard InChI is InChI=1S/C15H19N3O2/c1-10-17-12(5-6-16)15(18-10)11-3-4-13-14(9-11)20-8-2-7-19-13/h3-4,9H,2,5-8,16H2,1H3,(H,17,18). The predicted octanol–water partition coefficient (Wildman–Crippen LogP) is 2.05. The van der Waals surface area contributed by atoms with E-state index in [2.05, 4.69) is 9.97 Å². The van der Waals surface area contributed by atoms with Crippen LogP contribution < -0.4 is 15.2 Å². The van der Waals surface area contributed by atoms with Crippen molar-refractivity contribution < 1.29 is 9.47 Å². The molecule has 0 saturated heterocycles. The molecule has 0 fully saturated rings. The van der Waals surface area contributed by atoms with Gasteiger partial charge in [0.05, 0.1) is 18.9 Å². The van der Waals surface area contributed by atoms with E-state index >= 15 is 0 Å². The number of aromatic nitrogens is 2. The molecule has 106 valence electrons. The molecule has 0 spiro atoms. The SMILES string of the molecule is Cc1nc(-c2ccc3c(c2)OCCCO3)c(CCN)[nH]1. The maximum atomic E-state index is 5.73. The van der Waals surface area contributed by atoms with Crippen molar-refractivity contribution in [2.75, 3.05) is 19.8 Å². The molecule has 1 aromatic carbocycles. The lowest BCUT2D eigenvalue weighted by atomic mass is 10.1. The van der Waals surface area contributed by atoms with Gasteiger partial charge in [0.2, 0.25) is 0 Å². The first-order valence-electron chi connectivity index (χ1n) is 6.93. The number of fused-ring (bicyclic) bond motifs is 1. The number of benzene rings is 1. The van der Waals surface area contributed by atoms with Crippen molar-refractivity contribution in [3.8, 4) is 22.8 Å². The molecule has 0 saturated carbocycles. The molecule has 0 aliphatic carbocycles. The summed E-state index contributed by atoms with van der Waals surface area (Å²) in [5, 5.41) is 0. The Bertz CT molecular complexity index is 607. The third-order valence-corrected chi connectivity index (χ3v) is 3.31. The van der Waals surface area contributed by atoms with Crippen LogP contribution in [0.3, 0.4) is 0 Å². The van der Waals surface area contributed by atoms with Crippen LogP contribution in [0.15, 0.2) is 18.2 Å². The number of hydrogen-bond acceptors (Lipinski definition) is 4. The second-order valence-corrected chi connectivity index (χ2v) is 4.90. The minimum absolute atomic E-state index is 0.596. The summed E-state index contributed by atoms with van der Waals surface area (Å²) < 4.78 is 11.4. The van der Waals surface area contributed by atoms with Gasteiger partial charge in [0.1, 0.15) is 5.82 Å². The Balaban J connectivity index is 2.00. The Kier molecular flexibility index (Phi) is 3.60. The maximum Gasteiger partial charge on any atom is 0.161 e. The van der Waals surface area contributed by atoms with Crippen LogP contribution in [0.4, 0.5) is 0 Å². The Hall–Kier alpha value is -2.01. The molecule has 0 radical (unpaired) electrons. The van der Waals surface area contributed by atoms with Crippen LogP contribution in [0.1, 0.15) is 17.9 Å². The molecule has 5 nitrogen and oxygen atoms in total. The molecular weight excluding hydrogens is 254 g/mol. The number of hydrogen-bond donors (Lipinski definition) is 2. The zero-order chi connectivity index (χ0) is 13.9. The van der Waals surface area contributed by atoms with Crippen LogP contribution in [0, 0.1) is 6.92 Å². The van der Waals surface area contributed by atoms with Crippen molar-refractivity contribution in [1.82, 2.24) is 9.97 Å². The summed E-state index contributed by atoms with van der Waals surface area (Å²) in [5.41, 5.74) is 8.70. The average Bonchev–Trinajstić information content (AvgIpc) is 2.68. The summed E-state index contributed by atoms with van der Waals surface area (Å²) >= 11 is 0. The highest BCUT2D eigenvalue weighted by molar-refractivity contribution is 5.66. The highest BCUT2D eigenvalue weighted by Gasteiger charge is 2.15. The maximum absolute atomic E-state index is 5.73. The summed E-state index contributed by atoms with van der Waals surface area (Å²) in [6.07, 6.45) is 1.69. The van der Waals surface area contributed by atoms with Crippen LogP contribution in [-0.2, 0) is 6.42 Å². The third-order valence-electron chi connectivity index (χ3n) is 3.31. The Labute approximate surface area is 118 Å². The molecule has 1 aliphatic heterocycles. The molecule has 20 heavy (non-hydrogen) atoms. The number of aryl methyl sites for hydroxylation is 1. The minimum atomic E-state index is 0.596. The van der Waals surface area contributed by atoms with Gasteiger partial charge in [0.15, 0.2) is 11.5 Å². The molecule has 5 heteroatoms. The van der Waals surface area contributed by atoms with E-state index in [-0.39, 0.29) is 0 Å². The van der Waals surface area contributed by atoms with E-state index in [9.17, 15) is 0 Å². The highest BCUT2D eigenvalue weighted by Crippen LogP contribution is 2.34. The molecule has 0 unspecified atom stereocenters. The number of nitrogens with two attached hydrogens (primary N) is 1. The number of nitrogens with zero attached hydrogens (tertiary/aromatic N) is 1. The minimum Gasteiger partial charge on any atom is -0.490 e. The molecule has 2 heterocycles. The van der Waals surface area contributed by atoms with Gasteiger partial charge in [-0.3, -0.25) is 0 Å². The van der Waals surface area contributed by atoms with E-state index < -0.39 is 0 Å². The van der Waals surface area contributed by atoms with Gasteiger partial charge in [-0.25, -0.2) is 4.98 Å². The summed E-state index contributed by atoms with van der Waals surface area (Å²) in [6.45, 7) is 3.93. The van der Waals surface area contributed by atoms with Crippen molar-refractivity contribution in [1.29, 1.82) is 0 Å². The molecule has 3 N–H and O–H groups in total. The molecule has 1 aliphatic rings. The Morgan fingerprint density at radius 3 is 2.85 bits per heavy atom. The van der Waals surface area contributed by atoms with Crippen molar-refractivity contribution in [3.05, 3.63) is 29.7 Å². The van der Waals surface area contributed by atoms with Gasteiger partial charge in [-0.05, 0) is 31.7 Å². The summed E-state index contributed by atoms with van der Waals surface area (Å²) in [4.78, 5) is 7.84. The molecular formula is C15H19N3O2. The smallest absolute Gasteiger partial charge is 0.161 e. The first-order chi connectivity index (χ1) is 9.78. The van der Waals surface area contributed by atoms with E-state index in [1.54, 1.807) is 0 Å². The predicted molar refractivity (Wildman–Crippen MR) is 77.1 cm³/mol. The quantitative estimate of drug-likeness (QED) is 0.897. The van der Waals surface area contributed by atoms with Crippen LogP contribution in [0.25, 0.3) is 11.3 Å². The van der Waals surface area contributed by atoms with E-state index in [1.165, 1.54) is 0 Å². The fraction of sp³-hybridized carbons (Fsp3) is 0.400. The molecule has 0 atom stereocenters. The second kappa shape index (κ2) is 5.54. The lowest BCUT2D eigenvalue weighted by Gasteiger charge is -2.09. The molecule has 3 rings (SSSR count). The van der Waals surface area contributed by atoms with Crippen molar-refractivity contribution >= 4 is 0 Å². The van der Waals surface area contributed by atoms with Gasteiger partial charge in [-0.15, -0.1) is 0 Å². The molecule has 0 bridgehead atoms. The van der Waals surface area contributed by atoms with E-state index in [4.69, 9.17) is 15.2 Å². The van der Waals surface area contributed by atoms with Gasteiger partial charge in [0.25, 0.3) is 0 Å². The average molecular weight is 273 g/mol. The van der Waals surface area contributed by atoms with Crippen LogP contribution in [0.2, 0.25) is 0 Å². The summed E-state index contributed by atoms with van der Waals surface area (Å²) in [7, 11) is 0. The van der Waals surface area contributed by atoms with Crippen molar-refractivity contribution in [2.24, 2.45) is 5.73 Å². The number of nitrogens with one attached hydrogen (secondary N) is 1. The number of H-pyrrole nitrogens is 1. The van der Waals surface area contributed by atoms with E-state index in [0.717, 1.165) is 47.1 Å². The number of imidazole rings is 1. The lowest BCUT2D eigenvalue weighted by Crippen LogP contribution is -2.04. The molecule has 0 amide bonds. The first kappa shape index (κ1) is 13.0. The van der Waals surface area contributed by atoms with Crippen molar-refractivity contribution in [2.45, 2.75) is 19.8 Å². The van der Waals surface area contributed by atoms with Gasteiger partial charge >= 0.3 is 0 Å². The number of rotatable bonds is 3. The Morgan fingerprint density at radius 1 is 1.25 bits per heavy atom. The molecule has 1 aromatic heterocycles. The summed E-state index contributed by atoms with van der Waals surface area (Å²) in [5.74, 6) is 2.49. The second-order valence-electron chi connectivity index (χ2n) is 4.90. The summed E-state index contributed by atoms with van der Waals surface area (Å²) in [6, 6.07) is 5.96.